The molecule has 3 rings (SSSR count). The summed E-state index contributed by atoms with van der Waals surface area (Å²) in [6.45, 7) is 3.56. The summed E-state index contributed by atoms with van der Waals surface area (Å²) in [6.07, 6.45) is 1.78. The molecule has 0 unspecified atom stereocenters. The second-order valence-corrected chi connectivity index (χ2v) is 8.85. The number of hydrogen-bond donors (Lipinski definition) is 2. The van der Waals surface area contributed by atoms with E-state index < -0.39 is 10.0 Å². The van der Waals surface area contributed by atoms with Gasteiger partial charge >= 0.3 is 0 Å². The molecule has 0 atom stereocenters. The van der Waals surface area contributed by atoms with Crippen LogP contribution in [0.4, 0.5) is 5.69 Å². The highest BCUT2D eigenvalue weighted by atomic mass is 32.2. The van der Waals surface area contributed by atoms with Crippen LogP contribution >= 0.6 is 12.2 Å². The third kappa shape index (κ3) is 5.31. The second-order valence-electron chi connectivity index (χ2n) is 6.50. The Hall–Kier alpha value is -2.49. The Bertz CT molecular complexity index is 968. The van der Waals surface area contributed by atoms with Crippen LogP contribution in [0.3, 0.4) is 0 Å². The standard InChI is InChI=1S/C20H23N3O4S2/c1-2-27-17-9-5-15(6-10-17)19(24)22-20(28)21-16-7-11-18(12-8-16)29(25,26)23-13-3-4-14-23/h5-12H,2-4,13-14H2,1H3,(H2,21,22,24,28). The summed E-state index contributed by atoms with van der Waals surface area (Å²) >= 11 is 5.18. The summed E-state index contributed by atoms with van der Waals surface area (Å²) in [5.41, 5.74) is 1.03. The molecule has 2 aromatic rings. The summed E-state index contributed by atoms with van der Waals surface area (Å²) in [7, 11) is -3.45. The number of amides is 1. The minimum absolute atomic E-state index is 0.124. The van der Waals surface area contributed by atoms with Crippen molar-refractivity contribution in [2.75, 3.05) is 25.0 Å². The van der Waals surface area contributed by atoms with Crippen LogP contribution in [0.15, 0.2) is 53.4 Å². The zero-order valence-electron chi connectivity index (χ0n) is 16.1. The lowest BCUT2D eigenvalue weighted by molar-refractivity contribution is 0.0977. The van der Waals surface area contributed by atoms with Gasteiger partial charge in [0.25, 0.3) is 5.91 Å². The van der Waals surface area contributed by atoms with E-state index in [1.54, 1.807) is 36.4 Å². The zero-order chi connectivity index (χ0) is 20.9. The van der Waals surface area contributed by atoms with E-state index in [-0.39, 0.29) is 15.9 Å². The van der Waals surface area contributed by atoms with Gasteiger partial charge < -0.3 is 10.1 Å². The predicted molar refractivity (Wildman–Crippen MR) is 116 cm³/mol. The summed E-state index contributed by atoms with van der Waals surface area (Å²) in [5, 5.41) is 5.61. The van der Waals surface area contributed by atoms with E-state index in [1.807, 2.05) is 6.92 Å². The van der Waals surface area contributed by atoms with Gasteiger partial charge in [-0.2, -0.15) is 4.31 Å². The van der Waals surface area contributed by atoms with Gasteiger partial charge in [0.1, 0.15) is 5.75 Å². The minimum atomic E-state index is -3.45. The molecule has 0 bridgehead atoms. The first-order chi connectivity index (χ1) is 13.9. The number of benzene rings is 2. The van der Waals surface area contributed by atoms with Crippen LogP contribution in [0.1, 0.15) is 30.1 Å². The quantitative estimate of drug-likeness (QED) is 0.681. The van der Waals surface area contributed by atoms with E-state index in [0.717, 1.165) is 12.8 Å². The molecule has 0 saturated carbocycles. The summed E-state index contributed by atoms with van der Waals surface area (Å²) < 4.78 is 31.9. The zero-order valence-corrected chi connectivity index (χ0v) is 17.7. The Morgan fingerprint density at radius 3 is 2.28 bits per heavy atom. The summed E-state index contributed by atoms with van der Waals surface area (Å²) in [5.74, 6) is 0.340. The van der Waals surface area contributed by atoms with Gasteiger partial charge in [0, 0.05) is 24.3 Å². The van der Waals surface area contributed by atoms with E-state index in [0.29, 0.717) is 36.7 Å². The maximum Gasteiger partial charge on any atom is 0.257 e. The molecule has 1 aliphatic heterocycles. The Morgan fingerprint density at radius 2 is 1.69 bits per heavy atom. The Morgan fingerprint density at radius 1 is 1.07 bits per heavy atom. The Kier molecular flexibility index (Phi) is 6.83. The van der Waals surface area contributed by atoms with Gasteiger partial charge in [-0.05, 0) is 80.5 Å². The molecule has 2 aromatic carbocycles. The number of thiocarbonyl (C=S) groups is 1. The lowest BCUT2D eigenvalue weighted by atomic mass is 10.2. The molecule has 9 heteroatoms. The number of rotatable bonds is 6. The molecule has 7 nitrogen and oxygen atoms in total. The Labute approximate surface area is 176 Å². The van der Waals surface area contributed by atoms with Gasteiger partial charge in [-0.15, -0.1) is 0 Å². The molecule has 1 fully saturated rings. The van der Waals surface area contributed by atoms with Crippen LogP contribution in [0.2, 0.25) is 0 Å². The third-order valence-electron chi connectivity index (χ3n) is 4.47. The van der Waals surface area contributed by atoms with Crippen molar-refractivity contribution in [2.24, 2.45) is 0 Å². The number of carbonyl (C=O) groups is 1. The predicted octanol–water partition coefficient (Wildman–Crippen LogP) is 3.00. The average Bonchev–Trinajstić information content (AvgIpc) is 3.25. The number of ether oxygens (including phenoxy) is 1. The maximum absolute atomic E-state index is 12.5. The van der Waals surface area contributed by atoms with Crippen molar-refractivity contribution in [2.45, 2.75) is 24.7 Å². The lowest BCUT2D eigenvalue weighted by Crippen LogP contribution is -2.34. The molecular formula is C20H23N3O4S2. The smallest absolute Gasteiger partial charge is 0.257 e. The molecular weight excluding hydrogens is 410 g/mol. The van der Waals surface area contributed by atoms with E-state index in [1.165, 1.54) is 16.4 Å². The van der Waals surface area contributed by atoms with Crippen molar-refractivity contribution in [1.82, 2.24) is 9.62 Å². The molecule has 0 spiro atoms. The highest BCUT2D eigenvalue weighted by Gasteiger charge is 2.26. The van der Waals surface area contributed by atoms with E-state index in [4.69, 9.17) is 17.0 Å². The normalized spacial score (nSPS) is 14.4. The molecule has 0 aromatic heterocycles. The van der Waals surface area contributed by atoms with Crippen molar-refractivity contribution in [3.63, 3.8) is 0 Å². The fourth-order valence-electron chi connectivity index (χ4n) is 2.99. The highest BCUT2D eigenvalue weighted by molar-refractivity contribution is 7.89. The van der Waals surface area contributed by atoms with Crippen LogP contribution in [-0.4, -0.2) is 43.4 Å². The van der Waals surface area contributed by atoms with Crippen LogP contribution < -0.4 is 15.4 Å². The SMILES string of the molecule is CCOc1ccc(C(=O)NC(=S)Nc2ccc(S(=O)(=O)N3CCCC3)cc2)cc1. The van der Waals surface area contributed by atoms with Crippen molar-refractivity contribution in [3.05, 3.63) is 54.1 Å². The van der Waals surface area contributed by atoms with Crippen molar-refractivity contribution in [3.8, 4) is 5.75 Å². The highest BCUT2D eigenvalue weighted by Crippen LogP contribution is 2.22. The molecule has 0 radical (unpaired) electrons. The third-order valence-corrected chi connectivity index (χ3v) is 6.59. The molecule has 0 aliphatic carbocycles. The van der Waals surface area contributed by atoms with Crippen molar-refractivity contribution in [1.29, 1.82) is 0 Å². The van der Waals surface area contributed by atoms with E-state index in [2.05, 4.69) is 10.6 Å². The minimum Gasteiger partial charge on any atom is -0.494 e. The van der Waals surface area contributed by atoms with E-state index >= 15 is 0 Å². The first kappa shape index (κ1) is 21.2. The second kappa shape index (κ2) is 9.34. The number of nitrogens with one attached hydrogen (secondary N) is 2. The molecule has 2 N–H and O–H groups in total. The summed E-state index contributed by atoms with van der Waals surface area (Å²) in [4.78, 5) is 12.5. The number of nitrogens with zero attached hydrogens (tertiary/aromatic N) is 1. The lowest BCUT2D eigenvalue weighted by Gasteiger charge is -2.16. The number of anilines is 1. The van der Waals surface area contributed by atoms with Crippen LogP contribution in [0.5, 0.6) is 5.75 Å². The van der Waals surface area contributed by atoms with E-state index in [9.17, 15) is 13.2 Å². The van der Waals surface area contributed by atoms with Gasteiger partial charge in [-0.1, -0.05) is 0 Å². The first-order valence-electron chi connectivity index (χ1n) is 9.35. The van der Waals surface area contributed by atoms with Gasteiger partial charge in [0.05, 0.1) is 11.5 Å². The van der Waals surface area contributed by atoms with Crippen molar-refractivity contribution >= 4 is 38.9 Å². The Balaban J connectivity index is 1.58. The van der Waals surface area contributed by atoms with Gasteiger partial charge in [0.15, 0.2) is 5.11 Å². The summed E-state index contributed by atoms with van der Waals surface area (Å²) in [6, 6.07) is 13.1. The molecule has 154 valence electrons. The fourth-order valence-corrected chi connectivity index (χ4v) is 4.72. The van der Waals surface area contributed by atoms with Gasteiger partial charge in [-0.3, -0.25) is 10.1 Å². The van der Waals surface area contributed by atoms with Crippen LogP contribution in [0.25, 0.3) is 0 Å². The monoisotopic (exact) mass is 433 g/mol. The first-order valence-corrected chi connectivity index (χ1v) is 11.2. The average molecular weight is 434 g/mol. The number of sulfonamides is 1. The van der Waals surface area contributed by atoms with Gasteiger partial charge in [0.2, 0.25) is 10.0 Å². The molecule has 1 amide bonds. The fraction of sp³-hybridized carbons (Fsp3) is 0.300. The molecule has 1 saturated heterocycles. The van der Waals surface area contributed by atoms with Crippen LogP contribution in [0, 0.1) is 0 Å². The topological polar surface area (TPSA) is 87.7 Å². The van der Waals surface area contributed by atoms with Crippen molar-refractivity contribution < 1.29 is 17.9 Å². The largest absolute Gasteiger partial charge is 0.494 e. The molecule has 1 heterocycles. The number of hydrogen-bond acceptors (Lipinski definition) is 5. The maximum atomic E-state index is 12.5. The molecule has 1 aliphatic rings. The molecule has 29 heavy (non-hydrogen) atoms. The number of carbonyl (C=O) groups excluding carboxylic acids is 1. The van der Waals surface area contributed by atoms with Gasteiger partial charge in [-0.25, -0.2) is 8.42 Å². The van der Waals surface area contributed by atoms with Crippen LogP contribution in [-0.2, 0) is 10.0 Å².